The van der Waals surface area contributed by atoms with Crippen LogP contribution in [0.3, 0.4) is 0 Å². The Kier molecular flexibility index (Phi) is 5.61. The average molecular weight is 406 g/mol. The van der Waals surface area contributed by atoms with E-state index in [9.17, 15) is 9.18 Å². The lowest BCUT2D eigenvalue weighted by Gasteiger charge is -2.35. The van der Waals surface area contributed by atoms with Gasteiger partial charge < -0.3 is 14.5 Å². The van der Waals surface area contributed by atoms with Gasteiger partial charge in [-0.05, 0) is 38.1 Å². The summed E-state index contributed by atoms with van der Waals surface area (Å²) in [4.78, 5) is 25.3. The summed E-state index contributed by atoms with van der Waals surface area (Å²) < 4.78 is 19.8. The molecule has 3 aromatic rings. The van der Waals surface area contributed by atoms with Crippen molar-refractivity contribution >= 4 is 11.7 Å². The second-order valence-electron chi connectivity index (χ2n) is 7.29. The van der Waals surface area contributed by atoms with Gasteiger partial charge in [-0.2, -0.15) is 4.98 Å². The number of benzene rings is 2. The summed E-state index contributed by atoms with van der Waals surface area (Å²) in [5.74, 6) is 1.78. The van der Waals surface area contributed by atoms with Crippen LogP contribution in [0.15, 0.2) is 54.6 Å². The van der Waals surface area contributed by atoms with Crippen molar-refractivity contribution in [3.05, 3.63) is 77.4 Å². The number of carbonyl (C=O) groups is 1. The van der Waals surface area contributed by atoms with Crippen molar-refractivity contribution in [1.82, 2.24) is 14.9 Å². The molecule has 2 heterocycles. The molecule has 2 aromatic carbocycles. The first-order valence-corrected chi connectivity index (χ1v) is 9.88. The molecule has 0 bridgehead atoms. The predicted octanol–water partition coefficient (Wildman–Crippen LogP) is 3.99. The Bertz CT molecular complexity index is 1050. The molecule has 0 radical (unpaired) electrons. The molecule has 154 valence electrons. The van der Waals surface area contributed by atoms with Crippen LogP contribution in [0.4, 0.5) is 10.2 Å². The van der Waals surface area contributed by atoms with Crippen LogP contribution in [0, 0.1) is 19.7 Å². The number of hydrogen-bond donors (Lipinski definition) is 0. The van der Waals surface area contributed by atoms with Gasteiger partial charge in [0.2, 0.25) is 5.88 Å². The molecule has 0 spiro atoms. The fourth-order valence-electron chi connectivity index (χ4n) is 3.41. The minimum absolute atomic E-state index is 0.109. The van der Waals surface area contributed by atoms with Crippen LogP contribution in [-0.4, -0.2) is 47.0 Å². The summed E-state index contributed by atoms with van der Waals surface area (Å²) in [6.07, 6.45) is 0. The summed E-state index contributed by atoms with van der Waals surface area (Å²) in [7, 11) is 0. The number of rotatable bonds is 4. The zero-order valence-electron chi connectivity index (χ0n) is 17.0. The van der Waals surface area contributed by atoms with Crippen molar-refractivity contribution in [3.8, 4) is 11.6 Å². The van der Waals surface area contributed by atoms with E-state index >= 15 is 0 Å². The Morgan fingerprint density at radius 2 is 1.67 bits per heavy atom. The van der Waals surface area contributed by atoms with Crippen LogP contribution in [0.2, 0.25) is 0 Å². The fraction of sp³-hybridized carbons (Fsp3) is 0.261. The molecule has 1 aromatic heterocycles. The SMILES string of the molecule is Cc1ccc(Oc2cc(N3CCN(C(=O)c4ccccc4F)CC3)nc(C)n2)cc1. The van der Waals surface area contributed by atoms with E-state index in [1.807, 2.05) is 38.1 Å². The van der Waals surface area contributed by atoms with Crippen molar-refractivity contribution in [1.29, 1.82) is 0 Å². The highest BCUT2D eigenvalue weighted by Gasteiger charge is 2.25. The second kappa shape index (κ2) is 8.49. The van der Waals surface area contributed by atoms with E-state index < -0.39 is 5.82 Å². The molecule has 4 rings (SSSR count). The van der Waals surface area contributed by atoms with E-state index in [-0.39, 0.29) is 11.5 Å². The van der Waals surface area contributed by atoms with Gasteiger partial charge in [-0.25, -0.2) is 9.37 Å². The lowest BCUT2D eigenvalue weighted by molar-refractivity contribution is 0.0741. The van der Waals surface area contributed by atoms with E-state index in [2.05, 4.69) is 14.9 Å². The summed E-state index contributed by atoms with van der Waals surface area (Å²) in [6, 6.07) is 15.7. The maximum atomic E-state index is 13.9. The molecular weight excluding hydrogens is 383 g/mol. The standard InChI is InChI=1S/C23H23FN4O2/c1-16-7-9-18(10-8-16)30-22-15-21(25-17(2)26-22)27-11-13-28(14-12-27)23(29)19-5-3-4-6-20(19)24/h3-10,15H,11-14H2,1-2H3. The van der Waals surface area contributed by atoms with Gasteiger partial charge in [-0.1, -0.05) is 29.8 Å². The van der Waals surface area contributed by atoms with Crippen molar-refractivity contribution in [2.75, 3.05) is 31.1 Å². The van der Waals surface area contributed by atoms with E-state index in [1.54, 1.807) is 23.1 Å². The number of amides is 1. The van der Waals surface area contributed by atoms with Gasteiger partial charge in [0.15, 0.2) is 0 Å². The molecule has 1 aliphatic heterocycles. The van der Waals surface area contributed by atoms with Crippen molar-refractivity contribution in [2.24, 2.45) is 0 Å². The number of halogens is 1. The quantitative estimate of drug-likeness (QED) is 0.656. The molecule has 1 saturated heterocycles. The van der Waals surface area contributed by atoms with Gasteiger partial charge in [0.25, 0.3) is 5.91 Å². The zero-order valence-corrected chi connectivity index (χ0v) is 17.0. The van der Waals surface area contributed by atoms with Gasteiger partial charge >= 0.3 is 0 Å². The highest BCUT2D eigenvalue weighted by atomic mass is 19.1. The summed E-state index contributed by atoms with van der Waals surface area (Å²) in [5.41, 5.74) is 1.27. The van der Waals surface area contributed by atoms with Crippen LogP contribution >= 0.6 is 0 Å². The van der Waals surface area contributed by atoms with Crippen LogP contribution in [0.1, 0.15) is 21.7 Å². The third kappa shape index (κ3) is 4.40. The minimum atomic E-state index is -0.491. The Balaban J connectivity index is 1.44. The maximum absolute atomic E-state index is 13.9. The Morgan fingerprint density at radius 1 is 0.967 bits per heavy atom. The molecule has 0 atom stereocenters. The lowest BCUT2D eigenvalue weighted by atomic mass is 10.1. The molecule has 30 heavy (non-hydrogen) atoms. The summed E-state index contributed by atoms with van der Waals surface area (Å²) >= 11 is 0. The average Bonchev–Trinajstić information content (AvgIpc) is 2.75. The number of hydrogen-bond acceptors (Lipinski definition) is 5. The van der Waals surface area contributed by atoms with Crippen molar-refractivity contribution in [2.45, 2.75) is 13.8 Å². The number of piperazine rings is 1. The summed E-state index contributed by atoms with van der Waals surface area (Å²) in [5, 5.41) is 0. The first-order chi connectivity index (χ1) is 14.5. The van der Waals surface area contributed by atoms with Crippen molar-refractivity contribution in [3.63, 3.8) is 0 Å². The molecule has 0 saturated carbocycles. The van der Waals surface area contributed by atoms with Gasteiger partial charge in [-0.3, -0.25) is 4.79 Å². The van der Waals surface area contributed by atoms with Gasteiger partial charge in [-0.15, -0.1) is 0 Å². The molecular formula is C23H23FN4O2. The molecule has 1 fully saturated rings. The smallest absolute Gasteiger partial charge is 0.256 e. The normalized spacial score (nSPS) is 14.0. The molecule has 1 amide bonds. The van der Waals surface area contributed by atoms with Crippen LogP contribution in [0.25, 0.3) is 0 Å². The molecule has 0 unspecified atom stereocenters. The molecule has 1 aliphatic rings. The largest absolute Gasteiger partial charge is 0.439 e. The number of carbonyl (C=O) groups excluding carboxylic acids is 1. The van der Waals surface area contributed by atoms with Gasteiger partial charge in [0, 0.05) is 32.2 Å². The number of anilines is 1. The Hall–Kier alpha value is -3.48. The van der Waals surface area contributed by atoms with E-state index in [0.717, 1.165) is 11.4 Å². The van der Waals surface area contributed by atoms with Crippen LogP contribution < -0.4 is 9.64 Å². The number of aryl methyl sites for hydroxylation is 2. The number of nitrogens with zero attached hydrogens (tertiary/aromatic N) is 4. The van der Waals surface area contributed by atoms with Crippen molar-refractivity contribution < 1.29 is 13.9 Å². The number of aromatic nitrogens is 2. The second-order valence-corrected chi connectivity index (χ2v) is 7.29. The van der Waals surface area contributed by atoms with Gasteiger partial charge in [0.1, 0.15) is 23.2 Å². The fourth-order valence-corrected chi connectivity index (χ4v) is 3.41. The number of ether oxygens (including phenoxy) is 1. The van der Waals surface area contributed by atoms with E-state index in [4.69, 9.17) is 4.74 Å². The Labute approximate surface area is 174 Å². The first-order valence-electron chi connectivity index (χ1n) is 9.88. The summed E-state index contributed by atoms with van der Waals surface area (Å²) in [6.45, 7) is 6.02. The molecule has 7 heteroatoms. The third-order valence-corrected chi connectivity index (χ3v) is 5.04. The van der Waals surface area contributed by atoms with Crippen LogP contribution in [-0.2, 0) is 0 Å². The predicted molar refractivity (Wildman–Crippen MR) is 113 cm³/mol. The highest BCUT2D eigenvalue weighted by Crippen LogP contribution is 2.24. The highest BCUT2D eigenvalue weighted by molar-refractivity contribution is 5.94. The minimum Gasteiger partial charge on any atom is -0.439 e. The third-order valence-electron chi connectivity index (χ3n) is 5.04. The van der Waals surface area contributed by atoms with E-state index in [1.165, 1.54) is 12.1 Å². The zero-order chi connectivity index (χ0) is 21.1. The monoisotopic (exact) mass is 406 g/mol. The molecule has 0 N–H and O–H groups in total. The van der Waals surface area contributed by atoms with Crippen LogP contribution in [0.5, 0.6) is 11.6 Å². The van der Waals surface area contributed by atoms with E-state index in [0.29, 0.717) is 43.6 Å². The molecule has 0 aliphatic carbocycles. The first kappa shape index (κ1) is 19.8. The lowest BCUT2D eigenvalue weighted by Crippen LogP contribution is -2.49. The van der Waals surface area contributed by atoms with Gasteiger partial charge in [0.05, 0.1) is 5.56 Å². The maximum Gasteiger partial charge on any atom is 0.256 e. The Morgan fingerprint density at radius 3 is 2.37 bits per heavy atom. The molecule has 6 nitrogen and oxygen atoms in total. The topological polar surface area (TPSA) is 58.6 Å².